The van der Waals surface area contributed by atoms with Gasteiger partial charge >= 0.3 is 6.09 Å². The van der Waals surface area contributed by atoms with Gasteiger partial charge < -0.3 is 20.5 Å². The van der Waals surface area contributed by atoms with E-state index in [0.29, 0.717) is 11.3 Å². The Morgan fingerprint density at radius 2 is 1.81 bits per heavy atom. The summed E-state index contributed by atoms with van der Waals surface area (Å²) in [7, 11) is 0. The monoisotopic (exact) mass is 353 g/mol. The van der Waals surface area contributed by atoms with Crippen molar-refractivity contribution < 1.29 is 19.4 Å². The number of aliphatic hydroxyl groups excluding tert-OH is 1. The van der Waals surface area contributed by atoms with E-state index < -0.39 is 18.0 Å². The summed E-state index contributed by atoms with van der Waals surface area (Å²) in [4.78, 5) is 24.2. The van der Waals surface area contributed by atoms with E-state index in [9.17, 15) is 9.59 Å². The van der Waals surface area contributed by atoms with Gasteiger partial charge in [-0.05, 0) is 36.2 Å². The van der Waals surface area contributed by atoms with Gasteiger partial charge in [-0.3, -0.25) is 4.79 Å². The number of carbonyl (C=O) groups is 2. The van der Waals surface area contributed by atoms with Crippen molar-refractivity contribution in [1.29, 1.82) is 5.26 Å². The van der Waals surface area contributed by atoms with E-state index in [1.54, 1.807) is 24.3 Å². The minimum Gasteiger partial charge on any atom is -0.445 e. The summed E-state index contributed by atoms with van der Waals surface area (Å²) in [5.74, 6) is -0.486. The van der Waals surface area contributed by atoms with Gasteiger partial charge in [0.15, 0.2) is 0 Å². The Kier molecular flexibility index (Phi) is 7.16. The summed E-state index contributed by atoms with van der Waals surface area (Å²) in [5.41, 5.74) is 1.78. The molecule has 2 aromatic rings. The molecule has 134 valence electrons. The number of anilines is 1. The first-order chi connectivity index (χ1) is 12.6. The topological polar surface area (TPSA) is 111 Å². The summed E-state index contributed by atoms with van der Waals surface area (Å²) >= 11 is 0. The second kappa shape index (κ2) is 9.81. The van der Waals surface area contributed by atoms with E-state index in [1.807, 2.05) is 36.4 Å². The van der Waals surface area contributed by atoms with Crippen molar-refractivity contribution in [2.45, 2.75) is 19.1 Å². The molecule has 0 saturated carbocycles. The molecule has 2 aromatic carbocycles. The summed E-state index contributed by atoms with van der Waals surface area (Å²) < 4.78 is 5.09. The summed E-state index contributed by atoms with van der Waals surface area (Å²) in [6.45, 7) is -0.194. The highest BCUT2D eigenvalue weighted by atomic mass is 16.5. The Hall–Kier alpha value is -3.37. The third-order valence-corrected chi connectivity index (χ3v) is 3.52. The fourth-order valence-corrected chi connectivity index (χ4v) is 2.16. The molecule has 1 atom stereocenters. The van der Waals surface area contributed by atoms with E-state index in [2.05, 4.69) is 10.6 Å². The van der Waals surface area contributed by atoms with E-state index >= 15 is 0 Å². The van der Waals surface area contributed by atoms with Crippen LogP contribution in [0.2, 0.25) is 0 Å². The van der Waals surface area contributed by atoms with Crippen LogP contribution in [0, 0.1) is 11.3 Å². The zero-order valence-electron chi connectivity index (χ0n) is 14.0. The van der Waals surface area contributed by atoms with Crippen molar-refractivity contribution >= 4 is 17.7 Å². The van der Waals surface area contributed by atoms with Gasteiger partial charge in [0.2, 0.25) is 5.91 Å². The number of nitriles is 1. The fourth-order valence-electron chi connectivity index (χ4n) is 2.16. The Bertz CT molecular complexity index is 770. The highest BCUT2D eigenvalue weighted by Gasteiger charge is 2.21. The van der Waals surface area contributed by atoms with Crippen LogP contribution in [-0.4, -0.2) is 29.8 Å². The van der Waals surface area contributed by atoms with Gasteiger partial charge in [0, 0.05) is 12.3 Å². The van der Waals surface area contributed by atoms with Crippen LogP contribution in [0.25, 0.3) is 0 Å². The largest absolute Gasteiger partial charge is 0.445 e. The molecule has 0 fully saturated rings. The molecule has 3 N–H and O–H groups in total. The molecular weight excluding hydrogens is 334 g/mol. The van der Waals surface area contributed by atoms with Crippen LogP contribution in [0.5, 0.6) is 0 Å². The van der Waals surface area contributed by atoms with Gasteiger partial charge in [-0.25, -0.2) is 4.79 Å². The maximum atomic E-state index is 12.3. The van der Waals surface area contributed by atoms with Crippen LogP contribution < -0.4 is 10.6 Å². The summed E-state index contributed by atoms with van der Waals surface area (Å²) in [6, 6.07) is 16.5. The van der Waals surface area contributed by atoms with Crippen LogP contribution in [0.3, 0.4) is 0 Å². The van der Waals surface area contributed by atoms with Crippen LogP contribution in [0.1, 0.15) is 17.5 Å². The van der Waals surface area contributed by atoms with E-state index in [1.165, 1.54) is 0 Å². The zero-order valence-corrected chi connectivity index (χ0v) is 14.0. The predicted octanol–water partition coefficient (Wildman–Crippen LogP) is 2.17. The lowest BCUT2D eigenvalue weighted by Crippen LogP contribution is -2.44. The first-order valence-corrected chi connectivity index (χ1v) is 8.01. The summed E-state index contributed by atoms with van der Waals surface area (Å²) in [6.07, 6.45) is -0.704. The number of hydrogen-bond donors (Lipinski definition) is 3. The average Bonchev–Trinajstić information content (AvgIpc) is 2.67. The third-order valence-electron chi connectivity index (χ3n) is 3.52. The lowest BCUT2D eigenvalue weighted by atomic mass is 10.2. The standard InChI is InChI=1S/C19H19N3O4/c20-12-14-6-8-16(9-7-14)21-18(24)17(10-11-23)22-19(25)26-13-15-4-2-1-3-5-15/h1-9,17,23H,10-11,13H2,(H,21,24)(H,22,25)/t17-/m0/s1. The molecular formula is C19H19N3O4. The molecule has 0 spiro atoms. The number of nitrogens with one attached hydrogen (secondary N) is 2. The number of benzene rings is 2. The lowest BCUT2D eigenvalue weighted by Gasteiger charge is -2.17. The molecule has 0 heterocycles. The number of nitrogens with zero attached hydrogens (tertiary/aromatic N) is 1. The molecule has 0 aliphatic heterocycles. The molecule has 26 heavy (non-hydrogen) atoms. The highest BCUT2D eigenvalue weighted by Crippen LogP contribution is 2.10. The van der Waals surface area contributed by atoms with Crippen LogP contribution in [-0.2, 0) is 16.1 Å². The van der Waals surface area contributed by atoms with Gasteiger partial charge in [0.1, 0.15) is 12.6 Å². The second-order valence-electron chi connectivity index (χ2n) is 5.45. The number of amides is 2. The van der Waals surface area contributed by atoms with Gasteiger partial charge in [-0.1, -0.05) is 30.3 Å². The normalized spacial score (nSPS) is 11.1. The van der Waals surface area contributed by atoms with Crippen molar-refractivity contribution in [2.75, 3.05) is 11.9 Å². The van der Waals surface area contributed by atoms with Crippen molar-refractivity contribution in [3.63, 3.8) is 0 Å². The lowest BCUT2D eigenvalue weighted by molar-refractivity contribution is -0.118. The van der Waals surface area contributed by atoms with E-state index in [0.717, 1.165) is 5.56 Å². The quantitative estimate of drug-likeness (QED) is 0.706. The third kappa shape index (κ3) is 5.92. The molecule has 2 rings (SSSR count). The Balaban J connectivity index is 1.90. The van der Waals surface area contributed by atoms with Crippen molar-refractivity contribution in [3.05, 3.63) is 65.7 Å². The fraction of sp³-hybridized carbons (Fsp3) is 0.211. The van der Waals surface area contributed by atoms with E-state index in [-0.39, 0.29) is 19.6 Å². The molecule has 0 bridgehead atoms. The first-order valence-electron chi connectivity index (χ1n) is 8.01. The predicted molar refractivity (Wildman–Crippen MR) is 95.0 cm³/mol. The minimum atomic E-state index is -0.945. The van der Waals surface area contributed by atoms with Gasteiger partial charge in [-0.2, -0.15) is 5.26 Å². The Morgan fingerprint density at radius 1 is 1.12 bits per heavy atom. The Labute approximate surface area is 151 Å². The maximum Gasteiger partial charge on any atom is 0.408 e. The molecule has 0 saturated heterocycles. The van der Waals surface area contributed by atoms with Gasteiger partial charge in [-0.15, -0.1) is 0 Å². The number of carbonyl (C=O) groups excluding carboxylic acids is 2. The smallest absolute Gasteiger partial charge is 0.408 e. The molecule has 7 heteroatoms. The second-order valence-corrected chi connectivity index (χ2v) is 5.45. The van der Waals surface area contributed by atoms with Gasteiger partial charge in [0.05, 0.1) is 11.6 Å². The number of hydrogen-bond acceptors (Lipinski definition) is 5. The zero-order chi connectivity index (χ0) is 18.8. The highest BCUT2D eigenvalue weighted by molar-refractivity contribution is 5.96. The van der Waals surface area contributed by atoms with Crippen molar-refractivity contribution in [2.24, 2.45) is 0 Å². The Morgan fingerprint density at radius 3 is 2.42 bits per heavy atom. The minimum absolute atomic E-state index is 0.0442. The number of ether oxygens (including phenoxy) is 1. The van der Waals surface area contributed by atoms with Gasteiger partial charge in [0.25, 0.3) is 0 Å². The molecule has 7 nitrogen and oxygen atoms in total. The number of rotatable bonds is 7. The average molecular weight is 353 g/mol. The molecule has 0 unspecified atom stereocenters. The van der Waals surface area contributed by atoms with E-state index in [4.69, 9.17) is 15.1 Å². The molecule has 0 aromatic heterocycles. The van der Waals surface area contributed by atoms with Crippen LogP contribution in [0.15, 0.2) is 54.6 Å². The van der Waals surface area contributed by atoms with Crippen molar-refractivity contribution in [1.82, 2.24) is 5.32 Å². The maximum absolute atomic E-state index is 12.3. The van der Waals surface area contributed by atoms with Crippen molar-refractivity contribution in [3.8, 4) is 6.07 Å². The molecule has 0 aliphatic carbocycles. The van der Waals surface area contributed by atoms with Crippen LogP contribution in [0.4, 0.5) is 10.5 Å². The number of alkyl carbamates (subject to hydrolysis) is 1. The number of aliphatic hydroxyl groups is 1. The first kappa shape index (κ1) is 19.0. The van der Waals surface area contributed by atoms with Crippen LogP contribution >= 0.6 is 0 Å². The molecule has 2 amide bonds. The molecule has 0 aliphatic rings. The molecule has 0 radical (unpaired) electrons. The SMILES string of the molecule is N#Cc1ccc(NC(=O)[C@H](CCO)NC(=O)OCc2ccccc2)cc1. The summed E-state index contributed by atoms with van der Waals surface area (Å²) in [5, 5.41) is 23.0.